The third kappa shape index (κ3) is 3.99. The smallest absolute Gasteiger partial charge is 0.317 e. The highest BCUT2D eigenvalue weighted by atomic mass is 16.2. The number of nitrogens with one attached hydrogen (secondary N) is 1. The van der Waals surface area contributed by atoms with E-state index < -0.39 is 0 Å². The number of hydrogen-bond donors (Lipinski definition) is 1. The molecule has 150 valence electrons. The van der Waals surface area contributed by atoms with Gasteiger partial charge in [-0.1, -0.05) is 12.1 Å². The first-order valence-electron chi connectivity index (χ1n) is 9.93. The summed E-state index contributed by atoms with van der Waals surface area (Å²) in [6.45, 7) is 3.50. The monoisotopic (exact) mass is 391 g/mol. The van der Waals surface area contributed by atoms with Crippen molar-refractivity contribution < 1.29 is 9.59 Å². The normalized spacial score (nSPS) is 16.8. The Labute approximate surface area is 169 Å². The molecule has 0 saturated carbocycles. The first kappa shape index (κ1) is 19.1. The van der Waals surface area contributed by atoms with Crippen LogP contribution in [0.4, 0.5) is 4.79 Å². The summed E-state index contributed by atoms with van der Waals surface area (Å²) in [6, 6.07) is 11.2. The second kappa shape index (κ2) is 8.03. The van der Waals surface area contributed by atoms with E-state index in [1.54, 1.807) is 23.2 Å². The lowest BCUT2D eigenvalue weighted by molar-refractivity contribution is 0.0840. The Balaban J connectivity index is 1.37. The minimum atomic E-state index is -0.197. The van der Waals surface area contributed by atoms with E-state index in [0.717, 1.165) is 35.3 Å². The fraction of sp³-hybridized carbons (Fsp3) is 0.364. The Morgan fingerprint density at radius 1 is 1.24 bits per heavy atom. The van der Waals surface area contributed by atoms with Gasteiger partial charge in [-0.2, -0.15) is 0 Å². The van der Waals surface area contributed by atoms with Crippen molar-refractivity contribution in [1.82, 2.24) is 24.8 Å². The topological polar surface area (TPSA) is 80.1 Å². The highest BCUT2D eigenvalue weighted by Crippen LogP contribution is 2.21. The molecule has 29 heavy (non-hydrogen) atoms. The molecule has 0 radical (unpaired) electrons. The molecule has 0 spiro atoms. The van der Waals surface area contributed by atoms with Gasteiger partial charge in [0, 0.05) is 38.8 Å². The van der Waals surface area contributed by atoms with Gasteiger partial charge in [0.2, 0.25) is 0 Å². The van der Waals surface area contributed by atoms with E-state index in [2.05, 4.69) is 15.3 Å². The molecule has 1 N–H and O–H groups in total. The number of hydrogen-bond acceptors (Lipinski definition) is 4. The molecular formula is C22H25N5O2. The molecule has 1 unspecified atom stereocenters. The van der Waals surface area contributed by atoms with Crippen LogP contribution in [-0.4, -0.2) is 44.3 Å². The van der Waals surface area contributed by atoms with Gasteiger partial charge < -0.3 is 14.8 Å². The summed E-state index contributed by atoms with van der Waals surface area (Å²) in [5.41, 5.74) is 3.47. The lowest BCUT2D eigenvalue weighted by Gasteiger charge is -2.32. The molecule has 7 heteroatoms. The van der Waals surface area contributed by atoms with Crippen LogP contribution in [0.25, 0.3) is 11.0 Å². The maximum Gasteiger partial charge on any atom is 0.317 e. The molecule has 7 nitrogen and oxygen atoms in total. The Kier molecular flexibility index (Phi) is 5.29. The first-order chi connectivity index (χ1) is 14.0. The van der Waals surface area contributed by atoms with Gasteiger partial charge in [-0.25, -0.2) is 9.78 Å². The zero-order valence-electron chi connectivity index (χ0n) is 16.8. The number of pyridine rings is 1. The largest absolute Gasteiger partial charge is 0.334 e. The van der Waals surface area contributed by atoms with Crippen LogP contribution in [0.2, 0.25) is 0 Å². The Morgan fingerprint density at radius 2 is 2.10 bits per heavy atom. The molecule has 1 aliphatic rings. The fourth-order valence-corrected chi connectivity index (χ4v) is 3.86. The summed E-state index contributed by atoms with van der Waals surface area (Å²) < 4.78 is 2.05. The average Bonchev–Trinajstić information content (AvgIpc) is 3.05. The summed E-state index contributed by atoms with van der Waals surface area (Å²) in [6.07, 6.45) is 3.23. The van der Waals surface area contributed by atoms with E-state index in [4.69, 9.17) is 0 Å². The van der Waals surface area contributed by atoms with E-state index in [0.29, 0.717) is 25.3 Å². The lowest BCUT2D eigenvalue weighted by Crippen LogP contribution is -2.46. The Morgan fingerprint density at radius 3 is 2.90 bits per heavy atom. The molecule has 1 saturated heterocycles. The number of carbonyl (C=O) groups is 2. The van der Waals surface area contributed by atoms with Crippen LogP contribution < -0.4 is 5.32 Å². The van der Waals surface area contributed by atoms with E-state index >= 15 is 0 Å². The highest BCUT2D eigenvalue weighted by molar-refractivity contribution is 5.96. The number of imidazole rings is 1. The summed E-state index contributed by atoms with van der Waals surface area (Å²) >= 11 is 0. The van der Waals surface area contributed by atoms with Crippen molar-refractivity contribution in [3.8, 4) is 0 Å². The second-order valence-electron chi connectivity index (χ2n) is 7.56. The van der Waals surface area contributed by atoms with Crippen LogP contribution in [-0.2, 0) is 13.6 Å². The number of fused-ring (bicyclic) bond motifs is 1. The third-order valence-corrected chi connectivity index (χ3v) is 5.61. The van der Waals surface area contributed by atoms with Crippen molar-refractivity contribution >= 4 is 22.8 Å². The first-order valence-corrected chi connectivity index (χ1v) is 9.93. The zero-order chi connectivity index (χ0) is 20.4. The van der Waals surface area contributed by atoms with Crippen LogP contribution in [0.15, 0.2) is 42.6 Å². The van der Waals surface area contributed by atoms with Gasteiger partial charge in [-0.3, -0.25) is 9.78 Å². The minimum absolute atomic E-state index is 0.0130. The third-order valence-electron chi connectivity index (χ3n) is 5.61. The highest BCUT2D eigenvalue weighted by Gasteiger charge is 2.29. The number of benzene rings is 1. The van der Waals surface area contributed by atoms with Crippen molar-refractivity contribution in [2.24, 2.45) is 13.0 Å². The number of likely N-dealkylation sites (tertiary alicyclic amines) is 1. The molecule has 1 fully saturated rings. The number of urea groups is 1. The fourth-order valence-electron chi connectivity index (χ4n) is 3.86. The lowest BCUT2D eigenvalue weighted by atomic mass is 9.92. The summed E-state index contributed by atoms with van der Waals surface area (Å²) in [7, 11) is 1.99. The number of Topliss-reactive ketones (excluding diaryl/α,β-unsaturated/α-hetero) is 1. The predicted octanol–water partition coefficient (Wildman–Crippen LogP) is 3.08. The number of piperidine rings is 1. The van der Waals surface area contributed by atoms with E-state index in [1.807, 2.05) is 42.8 Å². The van der Waals surface area contributed by atoms with Crippen LogP contribution >= 0.6 is 0 Å². The zero-order valence-corrected chi connectivity index (χ0v) is 16.8. The van der Waals surface area contributed by atoms with Crippen molar-refractivity contribution in [2.75, 3.05) is 13.1 Å². The molecule has 1 aliphatic heterocycles. The van der Waals surface area contributed by atoms with Crippen molar-refractivity contribution in [1.29, 1.82) is 0 Å². The predicted molar refractivity (Wildman–Crippen MR) is 111 cm³/mol. The number of ketones is 1. The molecule has 0 bridgehead atoms. The number of aromatic nitrogens is 3. The van der Waals surface area contributed by atoms with E-state index in [9.17, 15) is 9.59 Å². The number of carbonyl (C=O) groups excluding carboxylic acids is 2. The number of amides is 2. The number of rotatable bonds is 4. The summed E-state index contributed by atoms with van der Waals surface area (Å²) in [5, 5.41) is 2.98. The number of nitrogens with zero attached hydrogens (tertiary/aromatic N) is 4. The van der Waals surface area contributed by atoms with Gasteiger partial charge in [0.05, 0.1) is 11.0 Å². The average molecular weight is 391 g/mol. The quantitative estimate of drug-likeness (QED) is 0.693. The maximum absolute atomic E-state index is 12.7. The summed E-state index contributed by atoms with van der Waals surface area (Å²) in [5.74, 6) is 0.773. The van der Waals surface area contributed by atoms with Gasteiger partial charge in [0.25, 0.3) is 0 Å². The van der Waals surface area contributed by atoms with Gasteiger partial charge in [0.1, 0.15) is 11.5 Å². The molecule has 2 amide bonds. The molecule has 2 aromatic heterocycles. The second-order valence-corrected chi connectivity index (χ2v) is 7.56. The minimum Gasteiger partial charge on any atom is -0.334 e. The van der Waals surface area contributed by atoms with Crippen LogP contribution in [0, 0.1) is 12.8 Å². The summed E-state index contributed by atoms with van der Waals surface area (Å²) in [4.78, 5) is 35.8. The Bertz CT molecular complexity index is 1040. The van der Waals surface area contributed by atoms with Gasteiger partial charge >= 0.3 is 6.03 Å². The van der Waals surface area contributed by atoms with E-state index in [-0.39, 0.29) is 17.7 Å². The number of aryl methyl sites for hydroxylation is 2. The molecule has 1 aromatic carbocycles. The van der Waals surface area contributed by atoms with Crippen LogP contribution in [0.1, 0.15) is 34.7 Å². The SMILES string of the molecule is Cc1nc2cc(CNC(=O)N3CCCC(C(=O)c4ccccn4)C3)ccc2n1C. The molecule has 3 aromatic rings. The molecule has 1 atom stereocenters. The van der Waals surface area contributed by atoms with Gasteiger partial charge in [-0.05, 0) is 49.6 Å². The van der Waals surface area contributed by atoms with Crippen LogP contribution in [0.3, 0.4) is 0 Å². The van der Waals surface area contributed by atoms with E-state index in [1.165, 1.54) is 0 Å². The van der Waals surface area contributed by atoms with Crippen molar-refractivity contribution in [3.05, 3.63) is 59.7 Å². The van der Waals surface area contributed by atoms with Gasteiger partial charge in [0.15, 0.2) is 5.78 Å². The van der Waals surface area contributed by atoms with Crippen molar-refractivity contribution in [2.45, 2.75) is 26.3 Å². The van der Waals surface area contributed by atoms with Crippen molar-refractivity contribution in [3.63, 3.8) is 0 Å². The van der Waals surface area contributed by atoms with Gasteiger partial charge in [-0.15, -0.1) is 0 Å². The molecular weight excluding hydrogens is 366 g/mol. The molecule has 3 heterocycles. The Hall–Kier alpha value is -3.22. The molecule has 0 aliphatic carbocycles. The standard InChI is InChI=1S/C22H25N5O2/c1-15-25-19-12-16(8-9-20(19)26(15)2)13-24-22(29)27-11-5-6-17(14-27)21(28)18-7-3-4-10-23-18/h3-4,7-10,12,17H,5-6,11,13-14H2,1-2H3,(H,24,29). The van der Waals surface area contributed by atoms with Crippen LogP contribution in [0.5, 0.6) is 0 Å². The molecule has 4 rings (SSSR count). The maximum atomic E-state index is 12.7.